The molecule has 0 saturated heterocycles. The van der Waals surface area contributed by atoms with E-state index in [1.807, 2.05) is 12.1 Å². The van der Waals surface area contributed by atoms with Crippen LogP contribution in [0.5, 0.6) is 5.75 Å². The predicted molar refractivity (Wildman–Crippen MR) is 87.8 cm³/mol. The summed E-state index contributed by atoms with van der Waals surface area (Å²) in [4.78, 5) is 2.36. The third-order valence-electron chi connectivity index (χ3n) is 3.39. The van der Waals surface area contributed by atoms with Crippen LogP contribution in [0.3, 0.4) is 0 Å². The smallest absolute Gasteiger partial charge is 0.125 e. The van der Waals surface area contributed by atoms with E-state index in [2.05, 4.69) is 49.7 Å². The molecule has 0 spiro atoms. The summed E-state index contributed by atoms with van der Waals surface area (Å²) in [6, 6.07) is 6.52. The first-order valence-electron chi connectivity index (χ1n) is 7.45. The number of ether oxygens (including phenoxy) is 1. The monoisotopic (exact) mass is 276 g/mol. The van der Waals surface area contributed by atoms with Crippen LogP contribution < -0.4 is 15.0 Å². The molecule has 20 heavy (non-hydrogen) atoms. The lowest BCUT2D eigenvalue weighted by Crippen LogP contribution is -2.28. The van der Waals surface area contributed by atoms with Gasteiger partial charge in [0.1, 0.15) is 5.75 Å². The summed E-state index contributed by atoms with van der Waals surface area (Å²) in [5.74, 6) is 0.945. The van der Waals surface area contributed by atoms with E-state index in [4.69, 9.17) is 4.74 Å². The summed E-state index contributed by atoms with van der Waals surface area (Å²) in [5.41, 5.74) is 2.46. The molecule has 0 bridgehead atoms. The van der Waals surface area contributed by atoms with Gasteiger partial charge in [0.05, 0.1) is 7.11 Å². The second kappa shape index (κ2) is 8.64. The summed E-state index contributed by atoms with van der Waals surface area (Å²) in [6.45, 7) is 13.2. The van der Waals surface area contributed by atoms with E-state index in [-0.39, 0.29) is 6.04 Å². The van der Waals surface area contributed by atoms with Crippen molar-refractivity contribution < 1.29 is 4.74 Å². The highest BCUT2D eigenvalue weighted by atomic mass is 16.5. The Bertz CT molecular complexity index is 417. The van der Waals surface area contributed by atoms with Crippen LogP contribution in [-0.2, 0) is 0 Å². The predicted octanol–water partition coefficient (Wildman–Crippen LogP) is 3.77. The lowest BCUT2D eigenvalue weighted by molar-refractivity contribution is 0.402. The van der Waals surface area contributed by atoms with Gasteiger partial charge < -0.3 is 15.0 Å². The van der Waals surface area contributed by atoms with Crippen molar-refractivity contribution in [3.05, 3.63) is 36.4 Å². The van der Waals surface area contributed by atoms with Gasteiger partial charge in [-0.25, -0.2) is 0 Å². The molecule has 0 heterocycles. The standard InChI is InChI=1S/C17H28N2O/c1-6-12-19(13-7-2)15-10-9-11-16(20-5)17(15)14(4)18-8-3/h6,9-11,14,18H,1,7-8,12-13H2,2-5H3. The van der Waals surface area contributed by atoms with Gasteiger partial charge in [0.2, 0.25) is 0 Å². The highest BCUT2D eigenvalue weighted by Gasteiger charge is 2.18. The molecule has 0 fully saturated rings. The van der Waals surface area contributed by atoms with Crippen molar-refractivity contribution in [2.75, 3.05) is 31.6 Å². The van der Waals surface area contributed by atoms with E-state index >= 15 is 0 Å². The molecule has 3 nitrogen and oxygen atoms in total. The van der Waals surface area contributed by atoms with Gasteiger partial charge >= 0.3 is 0 Å². The molecule has 0 aromatic heterocycles. The number of rotatable bonds is 9. The first-order valence-corrected chi connectivity index (χ1v) is 7.45. The van der Waals surface area contributed by atoms with E-state index in [0.717, 1.165) is 31.8 Å². The van der Waals surface area contributed by atoms with Crippen molar-refractivity contribution in [1.29, 1.82) is 0 Å². The molecular weight excluding hydrogens is 248 g/mol. The molecule has 3 heteroatoms. The Morgan fingerprint density at radius 1 is 1.40 bits per heavy atom. The topological polar surface area (TPSA) is 24.5 Å². The Morgan fingerprint density at radius 2 is 2.15 bits per heavy atom. The Balaban J connectivity index is 3.24. The van der Waals surface area contributed by atoms with E-state index < -0.39 is 0 Å². The van der Waals surface area contributed by atoms with Gasteiger partial charge in [-0.1, -0.05) is 26.0 Å². The van der Waals surface area contributed by atoms with Gasteiger partial charge in [-0.15, -0.1) is 6.58 Å². The quantitative estimate of drug-likeness (QED) is 0.695. The van der Waals surface area contributed by atoms with E-state index in [1.54, 1.807) is 7.11 Å². The number of anilines is 1. The molecular formula is C17H28N2O. The fraction of sp³-hybridized carbons (Fsp3) is 0.529. The van der Waals surface area contributed by atoms with E-state index in [1.165, 1.54) is 11.3 Å². The summed E-state index contributed by atoms with van der Waals surface area (Å²) >= 11 is 0. The van der Waals surface area contributed by atoms with Crippen LogP contribution in [0.2, 0.25) is 0 Å². The molecule has 0 aliphatic heterocycles. The van der Waals surface area contributed by atoms with Crippen LogP contribution in [0.4, 0.5) is 5.69 Å². The van der Waals surface area contributed by atoms with Gasteiger partial charge in [-0.2, -0.15) is 0 Å². The molecule has 112 valence electrons. The van der Waals surface area contributed by atoms with Gasteiger partial charge in [0.15, 0.2) is 0 Å². The maximum absolute atomic E-state index is 5.57. The minimum atomic E-state index is 0.260. The summed E-state index contributed by atoms with van der Waals surface area (Å²) in [6.07, 6.45) is 3.07. The van der Waals surface area contributed by atoms with Crippen molar-refractivity contribution in [2.45, 2.75) is 33.2 Å². The first kappa shape index (κ1) is 16.6. The maximum atomic E-state index is 5.57. The molecule has 0 aliphatic rings. The van der Waals surface area contributed by atoms with Crippen LogP contribution >= 0.6 is 0 Å². The number of methoxy groups -OCH3 is 1. The second-order valence-corrected chi connectivity index (χ2v) is 4.91. The molecule has 0 aliphatic carbocycles. The number of hydrogen-bond donors (Lipinski definition) is 1. The minimum Gasteiger partial charge on any atom is -0.496 e. The van der Waals surface area contributed by atoms with Crippen molar-refractivity contribution in [3.63, 3.8) is 0 Å². The fourth-order valence-electron chi connectivity index (χ4n) is 2.57. The maximum Gasteiger partial charge on any atom is 0.125 e. The highest BCUT2D eigenvalue weighted by molar-refractivity contribution is 5.61. The van der Waals surface area contributed by atoms with Crippen LogP contribution in [-0.4, -0.2) is 26.7 Å². The summed E-state index contributed by atoms with van der Waals surface area (Å²) < 4.78 is 5.57. The first-order chi connectivity index (χ1) is 9.69. The van der Waals surface area contributed by atoms with Crippen LogP contribution in [0.1, 0.15) is 38.8 Å². The van der Waals surface area contributed by atoms with Crippen LogP contribution in [0, 0.1) is 0 Å². The average Bonchev–Trinajstić information content (AvgIpc) is 2.46. The molecule has 1 atom stereocenters. The zero-order valence-corrected chi connectivity index (χ0v) is 13.3. The third-order valence-corrected chi connectivity index (χ3v) is 3.39. The molecule has 0 saturated carbocycles. The zero-order chi connectivity index (χ0) is 15.0. The number of benzene rings is 1. The lowest BCUT2D eigenvalue weighted by atomic mass is 10.0. The van der Waals surface area contributed by atoms with E-state index in [9.17, 15) is 0 Å². The Labute approximate surface area is 123 Å². The molecule has 1 N–H and O–H groups in total. The van der Waals surface area contributed by atoms with Crippen molar-refractivity contribution >= 4 is 5.69 Å². The fourth-order valence-corrected chi connectivity index (χ4v) is 2.57. The lowest BCUT2D eigenvalue weighted by Gasteiger charge is -2.29. The summed E-state index contributed by atoms with van der Waals surface area (Å²) in [7, 11) is 1.74. The average molecular weight is 276 g/mol. The molecule has 1 rings (SSSR count). The van der Waals surface area contributed by atoms with Gasteiger partial charge in [-0.05, 0) is 32.0 Å². The van der Waals surface area contributed by atoms with Gasteiger partial charge in [-0.3, -0.25) is 0 Å². The number of nitrogens with zero attached hydrogens (tertiary/aromatic N) is 1. The normalized spacial score (nSPS) is 12.0. The van der Waals surface area contributed by atoms with E-state index in [0.29, 0.717) is 0 Å². The Kier molecular flexibility index (Phi) is 7.16. The summed E-state index contributed by atoms with van der Waals surface area (Å²) in [5, 5.41) is 3.48. The van der Waals surface area contributed by atoms with Gasteiger partial charge in [0, 0.05) is 30.4 Å². The molecule has 1 unspecified atom stereocenters. The van der Waals surface area contributed by atoms with Gasteiger partial charge in [0.25, 0.3) is 0 Å². The van der Waals surface area contributed by atoms with Crippen molar-refractivity contribution in [2.24, 2.45) is 0 Å². The molecule has 1 aromatic rings. The largest absolute Gasteiger partial charge is 0.496 e. The van der Waals surface area contributed by atoms with Crippen LogP contribution in [0.25, 0.3) is 0 Å². The van der Waals surface area contributed by atoms with Crippen LogP contribution in [0.15, 0.2) is 30.9 Å². The Hall–Kier alpha value is -1.48. The Morgan fingerprint density at radius 3 is 2.70 bits per heavy atom. The van der Waals surface area contributed by atoms with Crippen molar-refractivity contribution in [3.8, 4) is 5.75 Å². The molecule has 0 radical (unpaired) electrons. The minimum absolute atomic E-state index is 0.260. The zero-order valence-electron chi connectivity index (χ0n) is 13.3. The number of nitrogens with one attached hydrogen (secondary N) is 1. The molecule has 0 amide bonds. The SMILES string of the molecule is C=CCN(CCC)c1cccc(OC)c1C(C)NCC. The third kappa shape index (κ3) is 4.01. The second-order valence-electron chi connectivity index (χ2n) is 4.91. The molecule has 1 aromatic carbocycles. The number of hydrogen-bond acceptors (Lipinski definition) is 3. The highest BCUT2D eigenvalue weighted by Crippen LogP contribution is 2.34. The van der Waals surface area contributed by atoms with Crippen molar-refractivity contribution in [1.82, 2.24) is 5.32 Å².